The van der Waals surface area contributed by atoms with Gasteiger partial charge in [0, 0.05) is 37.2 Å². The van der Waals surface area contributed by atoms with Crippen molar-refractivity contribution >= 4 is 11.6 Å². The number of primary amides is 1. The van der Waals surface area contributed by atoms with Gasteiger partial charge in [0.1, 0.15) is 0 Å². The second kappa shape index (κ2) is 4.96. The number of carbonyl (C=O) groups is 1. The molecule has 0 atom stereocenters. The Labute approximate surface area is 106 Å². The average Bonchev–Trinajstić information content (AvgIpc) is 2.73. The smallest absolute Gasteiger partial charge is 0.248 e. The van der Waals surface area contributed by atoms with Gasteiger partial charge in [0.15, 0.2) is 0 Å². The molecule has 4 nitrogen and oxygen atoms in total. The predicted molar refractivity (Wildman–Crippen MR) is 72.4 cm³/mol. The quantitative estimate of drug-likeness (QED) is 0.863. The maximum Gasteiger partial charge on any atom is 0.248 e. The third-order valence-corrected chi connectivity index (χ3v) is 2.89. The first-order valence-corrected chi connectivity index (χ1v) is 5.81. The van der Waals surface area contributed by atoms with Crippen LogP contribution in [-0.2, 0) is 13.6 Å². The lowest BCUT2D eigenvalue weighted by Gasteiger charge is -2.09. The summed E-state index contributed by atoms with van der Waals surface area (Å²) in [5, 5.41) is 3.34. The van der Waals surface area contributed by atoms with Crippen molar-refractivity contribution in [3.63, 3.8) is 0 Å². The fourth-order valence-corrected chi connectivity index (χ4v) is 1.88. The first kappa shape index (κ1) is 12.2. The van der Waals surface area contributed by atoms with E-state index in [-0.39, 0.29) is 0 Å². The maximum atomic E-state index is 11.0. The molecule has 0 fully saturated rings. The molecule has 2 rings (SSSR count). The molecule has 2 aromatic rings. The van der Waals surface area contributed by atoms with Gasteiger partial charge >= 0.3 is 0 Å². The molecule has 0 aliphatic heterocycles. The highest BCUT2D eigenvalue weighted by Crippen LogP contribution is 2.17. The second-order valence-corrected chi connectivity index (χ2v) is 4.43. The number of nitrogens with one attached hydrogen (secondary N) is 1. The molecule has 1 heterocycles. The molecule has 0 saturated heterocycles. The highest BCUT2D eigenvalue weighted by molar-refractivity contribution is 5.93. The van der Waals surface area contributed by atoms with Crippen LogP contribution in [0.5, 0.6) is 0 Å². The Bertz CT molecular complexity index is 572. The van der Waals surface area contributed by atoms with Gasteiger partial charge in [-0.05, 0) is 42.3 Å². The largest absolute Gasteiger partial charge is 0.381 e. The summed E-state index contributed by atoms with van der Waals surface area (Å²) in [5.41, 5.74) is 9.03. The topological polar surface area (TPSA) is 60.1 Å². The zero-order valence-corrected chi connectivity index (χ0v) is 10.6. The van der Waals surface area contributed by atoms with E-state index in [1.807, 2.05) is 30.8 Å². The number of hydrogen-bond acceptors (Lipinski definition) is 2. The summed E-state index contributed by atoms with van der Waals surface area (Å²) >= 11 is 0. The first-order chi connectivity index (χ1) is 8.56. The maximum absolute atomic E-state index is 11.0. The van der Waals surface area contributed by atoms with Crippen LogP contribution in [0.15, 0.2) is 36.7 Å². The van der Waals surface area contributed by atoms with E-state index in [0.717, 1.165) is 17.8 Å². The van der Waals surface area contributed by atoms with E-state index in [9.17, 15) is 4.79 Å². The Morgan fingerprint density at radius 3 is 2.72 bits per heavy atom. The minimum absolute atomic E-state index is 0.396. The predicted octanol–water partition coefficient (Wildman–Crippen LogP) is 2.04. The molecule has 1 aromatic carbocycles. The van der Waals surface area contributed by atoms with Gasteiger partial charge in [-0.25, -0.2) is 0 Å². The lowest BCUT2D eigenvalue weighted by molar-refractivity contribution is 0.1000. The molecule has 0 aliphatic rings. The van der Waals surface area contributed by atoms with Crippen molar-refractivity contribution in [2.75, 3.05) is 5.32 Å². The van der Waals surface area contributed by atoms with Crippen molar-refractivity contribution < 1.29 is 4.79 Å². The Morgan fingerprint density at radius 1 is 1.39 bits per heavy atom. The highest BCUT2D eigenvalue weighted by atomic mass is 16.1. The monoisotopic (exact) mass is 243 g/mol. The van der Waals surface area contributed by atoms with Gasteiger partial charge in [0.05, 0.1) is 0 Å². The SMILES string of the molecule is Cc1cc(C(N)=O)ccc1NCc1ccn(C)c1. The Kier molecular flexibility index (Phi) is 3.37. The standard InChI is InChI=1S/C14H17N3O/c1-10-7-12(14(15)18)3-4-13(10)16-8-11-5-6-17(2)9-11/h3-7,9,16H,8H2,1-2H3,(H2,15,18). The Morgan fingerprint density at radius 2 is 2.17 bits per heavy atom. The van der Waals surface area contributed by atoms with Crippen molar-refractivity contribution in [2.45, 2.75) is 13.5 Å². The van der Waals surface area contributed by atoms with Crippen molar-refractivity contribution in [3.05, 3.63) is 53.3 Å². The minimum atomic E-state index is -0.396. The van der Waals surface area contributed by atoms with Crippen molar-refractivity contribution in [1.29, 1.82) is 0 Å². The van der Waals surface area contributed by atoms with Gasteiger partial charge in [-0.15, -0.1) is 0 Å². The molecular formula is C14H17N3O. The molecule has 1 amide bonds. The average molecular weight is 243 g/mol. The first-order valence-electron chi connectivity index (χ1n) is 5.81. The Balaban J connectivity index is 2.08. The molecule has 1 aromatic heterocycles. The fourth-order valence-electron chi connectivity index (χ4n) is 1.88. The van der Waals surface area contributed by atoms with Crippen LogP contribution in [0.4, 0.5) is 5.69 Å². The van der Waals surface area contributed by atoms with Gasteiger partial charge in [-0.3, -0.25) is 4.79 Å². The molecule has 4 heteroatoms. The number of carbonyl (C=O) groups excluding carboxylic acids is 1. The van der Waals surface area contributed by atoms with Crippen molar-refractivity contribution in [2.24, 2.45) is 12.8 Å². The third-order valence-electron chi connectivity index (χ3n) is 2.89. The van der Waals surface area contributed by atoms with Crippen LogP contribution < -0.4 is 11.1 Å². The van der Waals surface area contributed by atoms with Crippen LogP contribution in [0.3, 0.4) is 0 Å². The van der Waals surface area contributed by atoms with E-state index in [4.69, 9.17) is 5.73 Å². The zero-order valence-electron chi connectivity index (χ0n) is 10.6. The molecule has 0 spiro atoms. The lowest BCUT2D eigenvalue weighted by atomic mass is 10.1. The number of nitrogens with zero attached hydrogens (tertiary/aromatic N) is 1. The summed E-state index contributed by atoms with van der Waals surface area (Å²) in [7, 11) is 2.00. The number of aromatic nitrogens is 1. The summed E-state index contributed by atoms with van der Waals surface area (Å²) in [6, 6.07) is 7.50. The zero-order chi connectivity index (χ0) is 13.1. The molecule has 3 N–H and O–H groups in total. The second-order valence-electron chi connectivity index (χ2n) is 4.43. The fraction of sp³-hybridized carbons (Fsp3) is 0.214. The van der Waals surface area contributed by atoms with E-state index < -0.39 is 5.91 Å². The summed E-state index contributed by atoms with van der Waals surface area (Å²) in [4.78, 5) is 11.0. The number of amides is 1. The van der Waals surface area contributed by atoms with Gasteiger partial charge in [-0.2, -0.15) is 0 Å². The molecule has 0 unspecified atom stereocenters. The number of nitrogens with two attached hydrogens (primary N) is 1. The van der Waals surface area contributed by atoms with Crippen molar-refractivity contribution in [3.8, 4) is 0 Å². The van der Waals surface area contributed by atoms with E-state index >= 15 is 0 Å². The lowest BCUT2D eigenvalue weighted by Crippen LogP contribution is -2.11. The van der Waals surface area contributed by atoms with Crippen molar-refractivity contribution in [1.82, 2.24) is 4.57 Å². The molecule has 0 aliphatic carbocycles. The normalized spacial score (nSPS) is 10.3. The summed E-state index contributed by atoms with van der Waals surface area (Å²) in [6.07, 6.45) is 4.08. The number of aryl methyl sites for hydroxylation is 2. The minimum Gasteiger partial charge on any atom is -0.381 e. The molecular weight excluding hydrogens is 226 g/mol. The van der Waals surface area contributed by atoms with E-state index in [0.29, 0.717) is 5.56 Å². The number of benzene rings is 1. The van der Waals surface area contributed by atoms with Crippen LogP contribution >= 0.6 is 0 Å². The number of rotatable bonds is 4. The third kappa shape index (κ3) is 2.71. The number of hydrogen-bond donors (Lipinski definition) is 2. The van der Waals surface area contributed by atoms with E-state index in [1.54, 1.807) is 12.1 Å². The Hall–Kier alpha value is -2.23. The van der Waals surface area contributed by atoms with Gasteiger partial charge < -0.3 is 15.6 Å². The summed E-state index contributed by atoms with van der Waals surface area (Å²) < 4.78 is 2.01. The van der Waals surface area contributed by atoms with E-state index in [1.165, 1.54) is 5.56 Å². The summed E-state index contributed by atoms with van der Waals surface area (Å²) in [6.45, 7) is 2.72. The van der Waals surface area contributed by atoms with E-state index in [2.05, 4.69) is 17.6 Å². The van der Waals surface area contributed by atoms with Crippen LogP contribution in [0.1, 0.15) is 21.5 Å². The van der Waals surface area contributed by atoms with Crippen LogP contribution in [0.25, 0.3) is 0 Å². The highest BCUT2D eigenvalue weighted by Gasteiger charge is 2.04. The number of anilines is 1. The molecule has 0 radical (unpaired) electrons. The van der Waals surface area contributed by atoms with Crippen LogP contribution in [-0.4, -0.2) is 10.5 Å². The van der Waals surface area contributed by atoms with Gasteiger partial charge in [0.2, 0.25) is 5.91 Å². The van der Waals surface area contributed by atoms with Crippen LogP contribution in [0.2, 0.25) is 0 Å². The molecule has 94 valence electrons. The van der Waals surface area contributed by atoms with Gasteiger partial charge in [0.25, 0.3) is 0 Å². The molecule has 0 saturated carbocycles. The van der Waals surface area contributed by atoms with Gasteiger partial charge in [-0.1, -0.05) is 0 Å². The van der Waals surface area contributed by atoms with Crippen LogP contribution in [0, 0.1) is 6.92 Å². The molecule has 18 heavy (non-hydrogen) atoms. The molecule has 0 bridgehead atoms. The summed E-state index contributed by atoms with van der Waals surface area (Å²) in [5.74, 6) is -0.396.